The van der Waals surface area contributed by atoms with Crippen molar-refractivity contribution in [1.29, 1.82) is 0 Å². The van der Waals surface area contributed by atoms with Crippen LogP contribution in [0, 0.1) is 0 Å². The van der Waals surface area contributed by atoms with Gasteiger partial charge in [-0.15, -0.1) is 0 Å². The first-order valence-corrected chi connectivity index (χ1v) is 4.66. The molecule has 102 valence electrons. The third kappa shape index (κ3) is 3.65. The van der Waals surface area contributed by atoms with Gasteiger partial charge in [0, 0.05) is 13.1 Å². The molecule has 10 heteroatoms. The molecule has 1 aromatic rings. The van der Waals surface area contributed by atoms with Crippen LogP contribution < -0.4 is 16.2 Å². The van der Waals surface area contributed by atoms with Crippen molar-refractivity contribution in [2.75, 3.05) is 23.9 Å². The van der Waals surface area contributed by atoms with E-state index in [0.29, 0.717) is 6.07 Å². The van der Waals surface area contributed by atoms with Crippen LogP contribution in [-0.2, 0) is 6.18 Å². The molecular formula is C8H10F5N5. The molecule has 18 heavy (non-hydrogen) atoms. The molecular weight excluding hydrogens is 261 g/mol. The van der Waals surface area contributed by atoms with Gasteiger partial charge in [-0.25, -0.2) is 19.6 Å². The molecule has 0 aliphatic carbocycles. The number of hydrogen-bond donors (Lipinski definition) is 2. The number of rotatable bonds is 4. The van der Waals surface area contributed by atoms with Crippen molar-refractivity contribution in [3.05, 3.63) is 11.8 Å². The lowest BCUT2D eigenvalue weighted by molar-refractivity contribution is -0.141. The van der Waals surface area contributed by atoms with Crippen molar-refractivity contribution < 1.29 is 22.0 Å². The van der Waals surface area contributed by atoms with Crippen LogP contribution in [0.5, 0.6) is 0 Å². The zero-order valence-electron chi connectivity index (χ0n) is 9.17. The van der Waals surface area contributed by atoms with Crippen molar-refractivity contribution in [3.63, 3.8) is 0 Å². The maximum atomic E-state index is 12.5. The normalized spacial score (nSPS) is 11.8. The molecule has 0 fully saturated rings. The Hall–Kier alpha value is -1.71. The number of nitrogens with zero attached hydrogens (tertiary/aromatic N) is 3. The van der Waals surface area contributed by atoms with E-state index in [0.717, 1.165) is 4.90 Å². The summed E-state index contributed by atoms with van der Waals surface area (Å²) in [5.41, 5.74) is 0.589. The van der Waals surface area contributed by atoms with Crippen LogP contribution in [0.2, 0.25) is 0 Å². The van der Waals surface area contributed by atoms with E-state index >= 15 is 0 Å². The average Bonchev–Trinajstić information content (AvgIpc) is 2.26. The van der Waals surface area contributed by atoms with Crippen LogP contribution in [0.3, 0.4) is 0 Å². The van der Waals surface area contributed by atoms with Gasteiger partial charge in [0.25, 0.3) is 6.43 Å². The standard InChI is InChI=1S/C8H10F5N5/c1-18(3-5(9)10)6-2-4(8(11,12)13)15-7(16-6)17-14/h2,5H,3,14H2,1H3,(H,15,16,17). The zero-order chi connectivity index (χ0) is 13.9. The second-order valence-corrected chi connectivity index (χ2v) is 3.35. The molecule has 0 atom stereocenters. The van der Waals surface area contributed by atoms with Gasteiger partial charge >= 0.3 is 6.18 Å². The maximum absolute atomic E-state index is 12.5. The summed E-state index contributed by atoms with van der Waals surface area (Å²) in [6.45, 7) is -0.752. The predicted molar refractivity (Wildman–Crippen MR) is 54.1 cm³/mol. The van der Waals surface area contributed by atoms with E-state index < -0.39 is 30.8 Å². The first kappa shape index (κ1) is 14.4. The lowest BCUT2D eigenvalue weighted by Gasteiger charge is -2.19. The van der Waals surface area contributed by atoms with Gasteiger partial charge < -0.3 is 4.90 Å². The molecule has 0 saturated carbocycles. The second kappa shape index (κ2) is 5.29. The van der Waals surface area contributed by atoms with Crippen molar-refractivity contribution in [1.82, 2.24) is 9.97 Å². The van der Waals surface area contributed by atoms with E-state index in [1.54, 1.807) is 0 Å². The fourth-order valence-electron chi connectivity index (χ4n) is 1.14. The summed E-state index contributed by atoms with van der Waals surface area (Å²) in [7, 11) is 1.19. The number of alkyl halides is 5. The number of nitrogens with one attached hydrogen (secondary N) is 1. The highest BCUT2D eigenvalue weighted by Crippen LogP contribution is 2.30. The molecule has 0 amide bonds. The minimum atomic E-state index is -4.71. The summed E-state index contributed by atoms with van der Waals surface area (Å²) in [5.74, 6) is 4.12. The third-order valence-electron chi connectivity index (χ3n) is 1.94. The highest BCUT2D eigenvalue weighted by atomic mass is 19.4. The third-order valence-corrected chi connectivity index (χ3v) is 1.94. The fourth-order valence-corrected chi connectivity index (χ4v) is 1.14. The van der Waals surface area contributed by atoms with Gasteiger partial charge in [0.05, 0.1) is 6.54 Å². The van der Waals surface area contributed by atoms with Crippen molar-refractivity contribution in [2.45, 2.75) is 12.6 Å². The molecule has 0 aliphatic heterocycles. The topological polar surface area (TPSA) is 67.1 Å². The van der Waals surface area contributed by atoms with Crippen LogP contribution >= 0.6 is 0 Å². The van der Waals surface area contributed by atoms with Crippen LogP contribution in [0.1, 0.15) is 5.69 Å². The number of anilines is 2. The molecule has 0 unspecified atom stereocenters. The smallest absolute Gasteiger partial charge is 0.354 e. The quantitative estimate of drug-likeness (QED) is 0.493. The van der Waals surface area contributed by atoms with E-state index in [1.165, 1.54) is 7.05 Å². The molecule has 0 bridgehead atoms. The van der Waals surface area contributed by atoms with E-state index in [-0.39, 0.29) is 5.82 Å². The van der Waals surface area contributed by atoms with Crippen LogP contribution in [-0.4, -0.2) is 30.0 Å². The zero-order valence-corrected chi connectivity index (χ0v) is 9.17. The average molecular weight is 271 g/mol. The summed E-state index contributed by atoms with van der Waals surface area (Å²) in [4.78, 5) is 7.54. The molecule has 1 heterocycles. The molecule has 0 radical (unpaired) electrons. The first-order chi connectivity index (χ1) is 8.24. The highest BCUT2D eigenvalue weighted by molar-refractivity contribution is 5.44. The molecule has 0 aromatic carbocycles. The van der Waals surface area contributed by atoms with E-state index in [9.17, 15) is 22.0 Å². The number of aromatic nitrogens is 2. The van der Waals surface area contributed by atoms with Crippen molar-refractivity contribution >= 4 is 11.8 Å². The van der Waals surface area contributed by atoms with Gasteiger partial charge in [-0.2, -0.15) is 18.2 Å². The minimum absolute atomic E-state index is 0.300. The number of hydrogen-bond acceptors (Lipinski definition) is 5. The maximum Gasteiger partial charge on any atom is 0.433 e. The Morgan fingerprint density at radius 2 is 2.00 bits per heavy atom. The van der Waals surface area contributed by atoms with E-state index in [1.807, 2.05) is 5.43 Å². The van der Waals surface area contributed by atoms with Gasteiger partial charge in [0.1, 0.15) is 5.82 Å². The van der Waals surface area contributed by atoms with Crippen molar-refractivity contribution in [3.8, 4) is 0 Å². The Kier molecular flexibility index (Phi) is 4.22. The predicted octanol–water partition coefficient (Wildman–Crippen LogP) is 1.48. The van der Waals surface area contributed by atoms with Crippen LogP contribution in [0.15, 0.2) is 6.07 Å². The lowest BCUT2D eigenvalue weighted by Crippen LogP contribution is -2.26. The number of hydrazine groups is 1. The Balaban J connectivity index is 3.12. The first-order valence-electron chi connectivity index (χ1n) is 4.66. The number of nitrogen functional groups attached to an aromatic ring is 1. The molecule has 0 aliphatic rings. The monoisotopic (exact) mass is 271 g/mol. The SMILES string of the molecule is CN(CC(F)F)c1cc(C(F)(F)F)nc(NN)n1. The highest BCUT2D eigenvalue weighted by Gasteiger charge is 2.34. The molecule has 0 spiro atoms. The molecule has 5 nitrogen and oxygen atoms in total. The molecule has 3 N–H and O–H groups in total. The fraction of sp³-hybridized carbons (Fsp3) is 0.500. The Bertz CT molecular complexity index is 407. The molecule has 0 saturated heterocycles. The summed E-state index contributed by atoms with van der Waals surface area (Å²) >= 11 is 0. The van der Waals surface area contributed by atoms with Gasteiger partial charge in [0.15, 0.2) is 5.69 Å². The summed E-state index contributed by atoms with van der Waals surface area (Å²) < 4.78 is 61.7. The van der Waals surface area contributed by atoms with Gasteiger partial charge in [-0.05, 0) is 0 Å². The summed E-state index contributed by atoms with van der Waals surface area (Å²) in [6.07, 6.45) is -7.41. The van der Waals surface area contributed by atoms with Crippen molar-refractivity contribution in [2.24, 2.45) is 5.84 Å². The van der Waals surface area contributed by atoms with E-state index in [4.69, 9.17) is 5.84 Å². The van der Waals surface area contributed by atoms with Gasteiger partial charge in [-0.3, -0.25) is 5.43 Å². The van der Waals surface area contributed by atoms with Gasteiger partial charge in [0.2, 0.25) is 5.95 Å². The van der Waals surface area contributed by atoms with Gasteiger partial charge in [-0.1, -0.05) is 0 Å². The minimum Gasteiger partial charge on any atom is -0.354 e. The second-order valence-electron chi connectivity index (χ2n) is 3.35. The van der Waals surface area contributed by atoms with Crippen LogP contribution in [0.4, 0.5) is 33.7 Å². The Morgan fingerprint density at radius 3 is 2.44 bits per heavy atom. The number of halogens is 5. The molecule has 1 aromatic heterocycles. The summed E-state index contributed by atoms with van der Waals surface area (Å²) in [6, 6.07) is 0.573. The largest absolute Gasteiger partial charge is 0.433 e. The summed E-state index contributed by atoms with van der Waals surface area (Å²) in [5, 5.41) is 0. The van der Waals surface area contributed by atoms with Crippen LogP contribution in [0.25, 0.3) is 0 Å². The van der Waals surface area contributed by atoms with E-state index in [2.05, 4.69) is 9.97 Å². The lowest BCUT2D eigenvalue weighted by atomic mass is 10.3. The molecule has 1 rings (SSSR count). The Labute approximate surface area is 98.8 Å². The number of nitrogens with two attached hydrogens (primary N) is 1. The Morgan fingerprint density at radius 1 is 1.39 bits per heavy atom.